The second-order valence-corrected chi connectivity index (χ2v) is 9.30. The number of carbonyl (C=O) groups excluding carboxylic acids is 2. The van der Waals surface area contributed by atoms with Crippen molar-refractivity contribution in [2.75, 3.05) is 29.5 Å². The van der Waals surface area contributed by atoms with Crippen LogP contribution in [0.1, 0.15) is 47.7 Å². The number of amides is 2. The topological polar surface area (TPSA) is 87.2 Å². The molecular weight excluding hydrogens is 504 g/mol. The molecule has 0 fully saturated rings. The van der Waals surface area contributed by atoms with Crippen molar-refractivity contribution in [3.63, 3.8) is 0 Å². The first kappa shape index (κ1) is 28.7. The van der Waals surface area contributed by atoms with Gasteiger partial charge >= 0.3 is 5.97 Å². The Morgan fingerprint density at radius 3 is 2.11 bits per heavy atom. The number of ether oxygens (including phenoxy) is 1. The van der Waals surface area contributed by atoms with E-state index in [0.717, 1.165) is 16.8 Å². The molecule has 2 amide bonds. The fraction of sp³-hybridized carbons (Fsp3) is 0.300. The minimum atomic E-state index is -0.921. The smallest absolute Gasteiger partial charge is 0.303 e. The van der Waals surface area contributed by atoms with Crippen molar-refractivity contribution in [3.05, 3.63) is 88.4 Å². The van der Waals surface area contributed by atoms with Gasteiger partial charge in [0.15, 0.2) is 0 Å². The summed E-state index contributed by atoms with van der Waals surface area (Å²) in [4.78, 5) is 41.5. The van der Waals surface area contributed by atoms with Gasteiger partial charge in [0.05, 0.1) is 17.2 Å². The van der Waals surface area contributed by atoms with Gasteiger partial charge in [-0.3, -0.25) is 14.4 Å². The molecule has 38 heavy (non-hydrogen) atoms. The highest BCUT2D eigenvalue weighted by Crippen LogP contribution is 2.29. The Morgan fingerprint density at radius 1 is 0.842 bits per heavy atom. The number of para-hydroxylation sites is 1. The highest BCUT2D eigenvalue weighted by atomic mass is 35.5. The molecule has 8 heteroatoms. The van der Waals surface area contributed by atoms with Crippen molar-refractivity contribution >= 4 is 40.8 Å². The fourth-order valence-corrected chi connectivity index (χ4v) is 4.56. The monoisotopic (exact) mass is 536 g/mol. The van der Waals surface area contributed by atoms with Crippen LogP contribution in [0.4, 0.5) is 11.4 Å². The third kappa shape index (κ3) is 7.35. The standard InChI is InChI=1S/C30H33ClN2O5/c1-4-38-24-16-14-23(15-17-24)32(19-8-13-28(35)36)27(34)18-20-33(29-21(2)9-7-10-22(29)3)30(37)25-11-5-6-12-26(25)31/h5-7,9-12,14-17H,4,8,13,18-20H2,1-3H3,(H,35,36). The number of nitrogens with zero attached hydrogens (tertiary/aromatic N) is 2. The summed E-state index contributed by atoms with van der Waals surface area (Å²) < 4.78 is 5.51. The van der Waals surface area contributed by atoms with E-state index >= 15 is 0 Å². The molecule has 0 unspecified atom stereocenters. The van der Waals surface area contributed by atoms with E-state index in [1.807, 2.05) is 39.0 Å². The number of rotatable bonds is 12. The maximum Gasteiger partial charge on any atom is 0.303 e. The van der Waals surface area contributed by atoms with Gasteiger partial charge in [-0.25, -0.2) is 0 Å². The molecule has 0 saturated heterocycles. The number of hydrogen-bond donors (Lipinski definition) is 1. The lowest BCUT2D eigenvalue weighted by Gasteiger charge is -2.28. The molecule has 0 saturated carbocycles. The Morgan fingerprint density at radius 2 is 1.50 bits per heavy atom. The molecule has 3 aromatic rings. The Labute approximate surface area is 228 Å². The molecule has 0 aliphatic rings. The van der Waals surface area contributed by atoms with Crippen LogP contribution < -0.4 is 14.5 Å². The first-order valence-corrected chi connectivity index (χ1v) is 13.0. The van der Waals surface area contributed by atoms with Crippen molar-refractivity contribution in [3.8, 4) is 5.75 Å². The SMILES string of the molecule is CCOc1ccc(N(CCCC(=O)O)C(=O)CCN(C(=O)c2ccccc2Cl)c2c(C)cccc2C)cc1. The lowest BCUT2D eigenvalue weighted by molar-refractivity contribution is -0.137. The molecule has 0 atom stereocenters. The molecule has 0 bridgehead atoms. The highest BCUT2D eigenvalue weighted by Gasteiger charge is 2.25. The summed E-state index contributed by atoms with van der Waals surface area (Å²) in [6.45, 7) is 6.63. The lowest BCUT2D eigenvalue weighted by Crippen LogP contribution is -2.38. The van der Waals surface area contributed by atoms with Crippen molar-refractivity contribution in [2.45, 2.75) is 40.0 Å². The zero-order valence-corrected chi connectivity index (χ0v) is 22.7. The van der Waals surface area contributed by atoms with Gasteiger partial charge in [0.1, 0.15) is 5.75 Å². The van der Waals surface area contributed by atoms with Crippen LogP contribution >= 0.6 is 11.6 Å². The first-order chi connectivity index (χ1) is 18.2. The summed E-state index contributed by atoms with van der Waals surface area (Å²) in [5.41, 5.74) is 3.54. The van der Waals surface area contributed by atoms with Crippen molar-refractivity contribution < 1.29 is 24.2 Å². The van der Waals surface area contributed by atoms with Crippen LogP contribution in [0.2, 0.25) is 5.02 Å². The Hall–Kier alpha value is -3.84. The fourth-order valence-electron chi connectivity index (χ4n) is 4.34. The van der Waals surface area contributed by atoms with Crippen LogP contribution in [0.25, 0.3) is 0 Å². The molecule has 0 spiro atoms. The Bertz CT molecular complexity index is 1260. The zero-order chi connectivity index (χ0) is 27.7. The summed E-state index contributed by atoms with van der Waals surface area (Å²) >= 11 is 6.36. The molecule has 3 aromatic carbocycles. The van der Waals surface area contributed by atoms with E-state index < -0.39 is 5.97 Å². The number of aryl methyl sites for hydroxylation is 2. The largest absolute Gasteiger partial charge is 0.494 e. The maximum atomic E-state index is 13.7. The molecule has 0 heterocycles. The second-order valence-electron chi connectivity index (χ2n) is 8.90. The highest BCUT2D eigenvalue weighted by molar-refractivity contribution is 6.34. The van der Waals surface area contributed by atoms with Gasteiger partial charge in [-0.15, -0.1) is 0 Å². The Balaban J connectivity index is 1.89. The third-order valence-corrected chi connectivity index (χ3v) is 6.47. The maximum absolute atomic E-state index is 13.7. The first-order valence-electron chi connectivity index (χ1n) is 12.6. The predicted octanol–water partition coefficient (Wildman–Crippen LogP) is 6.29. The molecule has 0 aromatic heterocycles. The summed E-state index contributed by atoms with van der Waals surface area (Å²) in [6.07, 6.45) is 0.276. The normalized spacial score (nSPS) is 10.6. The van der Waals surface area contributed by atoms with Gasteiger partial charge in [0.25, 0.3) is 5.91 Å². The number of benzene rings is 3. The lowest BCUT2D eigenvalue weighted by atomic mass is 10.1. The molecule has 0 aliphatic carbocycles. The van der Waals surface area contributed by atoms with Gasteiger partial charge in [0, 0.05) is 37.3 Å². The van der Waals surface area contributed by atoms with Crippen LogP contribution in [0, 0.1) is 13.8 Å². The summed E-state index contributed by atoms with van der Waals surface area (Å²) in [7, 11) is 0. The second kappa shape index (κ2) is 13.6. The number of carboxylic acids is 1. The summed E-state index contributed by atoms with van der Waals surface area (Å²) in [5, 5.41) is 9.44. The van der Waals surface area contributed by atoms with Crippen LogP contribution in [0.5, 0.6) is 5.75 Å². The predicted molar refractivity (Wildman–Crippen MR) is 150 cm³/mol. The van der Waals surface area contributed by atoms with Crippen LogP contribution in [0.15, 0.2) is 66.7 Å². The quantitative estimate of drug-likeness (QED) is 0.294. The van der Waals surface area contributed by atoms with Crippen LogP contribution in [-0.2, 0) is 9.59 Å². The minimum absolute atomic E-state index is 0.0320. The number of anilines is 2. The van der Waals surface area contributed by atoms with E-state index in [-0.39, 0.29) is 37.7 Å². The average Bonchev–Trinajstić information content (AvgIpc) is 2.89. The Kier molecular flexibility index (Phi) is 10.3. The van der Waals surface area contributed by atoms with E-state index in [4.69, 9.17) is 21.4 Å². The molecule has 0 aliphatic heterocycles. The van der Waals surface area contributed by atoms with Crippen molar-refractivity contribution in [1.29, 1.82) is 0 Å². The van der Waals surface area contributed by atoms with E-state index in [1.165, 1.54) is 0 Å². The average molecular weight is 537 g/mol. The zero-order valence-electron chi connectivity index (χ0n) is 21.9. The summed E-state index contributed by atoms with van der Waals surface area (Å²) in [6, 6.07) is 19.7. The number of hydrogen-bond acceptors (Lipinski definition) is 4. The number of halogens is 1. The molecule has 200 valence electrons. The third-order valence-electron chi connectivity index (χ3n) is 6.14. The van der Waals surface area contributed by atoms with E-state index in [0.29, 0.717) is 35.1 Å². The molecule has 3 rings (SSSR count). The molecular formula is C30H33ClN2O5. The molecule has 0 radical (unpaired) electrons. The number of carbonyl (C=O) groups is 3. The van der Waals surface area contributed by atoms with Gasteiger partial charge in [-0.05, 0) is 74.7 Å². The van der Waals surface area contributed by atoms with Crippen LogP contribution in [-0.4, -0.2) is 42.6 Å². The molecule has 1 N–H and O–H groups in total. The van der Waals surface area contributed by atoms with Crippen molar-refractivity contribution in [1.82, 2.24) is 0 Å². The summed E-state index contributed by atoms with van der Waals surface area (Å²) in [5.74, 6) is -0.751. The van der Waals surface area contributed by atoms with Crippen LogP contribution in [0.3, 0.4) is 0 Å². The van der Waals surface area contributed by atoms with Crippen molar-refractivity contribution in [2.24, 2.45) is 0 Å². The van der Waals surface area contributed by atoms with Gasteiger partial charge in [0.2, 0.25) is 5.91 Å². The molecule has 7 nitrogen and oxygen atoms in total. The minimum Gasteiger partial charge on any atom is -0.494 e. The van der Waals surface area contributed by atoms with E-state index in [2.05, 4.69) is 0 Å². The number of carboxylic acid groups (broad SMARTS) is 1. The van der Waals surface area contributed by atoms with Gasteiger partial charge in [-0.2, -0.15) is 0 Å². The van der Waals surface area contributed by atoms with Gasteiger partial charge in [-0.1, -0.05) is 41.9 Å². The van der Waals surface area contributed by atoms with Gasteiger partial charge < -0.3 is 19.6 Å². The van der Waals surface area contributed by atoms with E-state index in [9.17, 15) is 14.4 Å². The number of aliphatic carboxylic acids is 1. The van der Waals surface area contributed by atoms with E-state index in [1.54, 1.807) is 58.3 Å².